The summed E-state index contributed by atoms with van der Waals surface area (Å²) in [6.07, 6.45) is 0. The Morgan fingerprint density at radius 3 is 2.05 bits per heavy atom. The van der Waals surface area contributed by atoms with Crippen LogP contribution in [0.4, 0.5) is 0 Å². The maximum atomic E-state index is 12.5. The van der Waals surface area contributed by atoms with Crippen molar-refractivity contribution in [2.45, 2.75) is 13.2 Å². The van der Waals surface area contributed by atoms with E-state index in [1.807, 2.05) is 0 Å². The van der Waals surface area contributed by atoms with Gasteiger partial charge in [0, 0.05) is 22.3 Å². The lowest BCUT2D eigenvalue weighted by atomic mass is 9.81. The zero-order chi connectivity index (χ0) is 15.1. The second-order valence-corrected chi connectivity index (χ2v) is 4.81. The van der Waals surface area contributed by atoms with Crippen LogP contribution in [-0.2, 0) is 13.2 Å². The van der Waals surface area contributed by atoms with Crippen molar-refractivity contribution in [1.82, 2.24) is 0 Å². The van der Waals surface area contributed by atoms with E-state index in [2.05, 4.69) is 0 Å². The summed E-state index contributed by atoms with van der Waals surface area (Å²) < 4.78 is 0. The van der Waals surface area contributed by atoms with E-state index < -0.39 is 24.7 Å². The summed E-state index contributed by atoms with van der Waals surface area (Å²) >= 11 is 0. The lowest BCUT2D eigenvalue weighted by Gasteiger charge is -2.21. The van der Waals surface area contributed by atoms with Crippen LogP contribution in [0.5, 0.6) is 5.75 Å². The first-order valence-corrected chi connectivity index (χ1v) is 6.38. The van der Waals surface area contributed by atoms with Crippen LogP contribution in [0.3, 0.4) is 0 Å². The molecule has 0 heterocycles. The fourth-order valence-electron chi connectivity index (χ4n) is 2.65. The van der Waals surface area contributed by atoms with Crippen molar-refractivity contribution in [1.29, 1.82) is 0 Å². The molecule has 106 valence electrons. The second kappa shape index (κ2) is 4.80. The van der Waals surface area contributed by atoms with Crippen molar-refractivity contribution in [3.63, 3.8) is 0 Å². The summed E-state index contributed by atoms with van der Waals surface area (Å²) in [5, 5.41) is 28.8. The van der Waals surface area contributed by atoms with Crippen LogP contribution in [0.1, 0.15) is 43.0 Å². The topological polar surface area (TPSA) is 94.8 Å². The van der Waals surface area contributed by atoms with Crippen molar-refractivity contribution in [3.8, 4) is 5.75 Å². The number of hydrogen-bond donors (Lipinski definition) is 3. The van der Waals surface area contributed by atoms with E-state index in [-0.39, 0.29) is 39.2 Å². The molecule has 0 bridgehead atoms. The van der Waals surface area contributed by atoms with E-state index in [4.69, 9.17) is 0 Å². The smallest absolute Gasteiger partial charge is 0.198 e. The average molecular weight is 284 g/mol. The molecule has 3 rings (SSSR count). The van der Waals surface area contributed by atoms with E-state index in [0.717, 1.165) is 0 Å². The number of aliphatic hydroxyl groups excluding tert-OH is 2. The summed E-state index contributed by atoms with van der Waals surface area (Å²) in [5.74, 6) is -1.28. The molecule has 2 aromatic carbocycles. The van der Waals surface area contributed by atoms with Gasteiger partial charge in [-0.05, 0) is 11.6 Å². The molecule has 0 amide bonds. The molecule has 21 heavy (non-hydrogen) atoms. The molecular formula is C16H12O5. The molecule has 2 aromatic rings. The maximum absolute atomic E-state index is 12.5. The van der Waals surface area contributed by atoms with Gasteiger partial charge in [-0.3, -0.25) is 9.59 Å². The van der Waals surface area contributed by atoms with Gasteiger partial charge in [-0.15, -0.1) is 0 Å². The quantitative estimate of drug-likeness (QED) is 0.656. The van der Waals surface area contributed by atoms with Crippen molar-refractivity contribution >= 4 is 11.6 Å². The minimum absolute atomic E-state index is 0.0532. The lowest BCUT2D eigenvalue weighted by molar-refractivity contribution is 0.0976. The Balaban J connectivity index is 2.35. The van der Waals surface area contributed by atoms with Gasteiger partial charge < -0.3 is 15.3 Å². The molecule has 1 aliphatic carbocycles. The predicted molar refractivity (Wildman–Crippen MR) is 73.3 cm³/mol. The van der Waals surface area contributed by atoms with Crippen LogP contribution in [0.15, 0.2) is 30.3 Å². The summed E-state index contributed by atoms with van der Waals surface area (Å²) in [7, 11) is 0. The number of aliphatic hydroxyl groups is 2. The minimum atomic E-state index is -0.530. The van der Waals surface area contributed by atoms with Gasteiger partial charge >= 0.3 is 0 Å². The van der Waals surface area contributed by atoms with Crippen LogP contribution in [0.2, 0.25) is 0 Å². The molecule has 1 aliphatic rings. The zero-order valence-corrected chi connectivity index (χ0v) is 11.0. The van der Waals surface area contributed by atoms with Gasteiger partial charge in [0.25, 0.3) is 0 Å². The van der Waals surface area contributed by atoms with Crippen LogP contribution in [-0.4, -0.2) is 26.9 Å². The number of carbonyl (C=O) groups excluding carboxylic acids is 2. The average Bonchev–Trinajstić information content (AvgIpc) is 2.51. The second-order valence-electron chi connectivity index (χ2n) is 4.81. The van der Waals surface area contributed by atoms with E-state index in [0.29, 0.717) is 0 Å². The molecule has 0 saturated carbocycles. The van der Waals surface area contributed by atoms with Gasteiger partial charge in [0.1, 0.15) is 5.75 Å². The predicted octanol–water partition coefficient (Wildman–Crippen LogP) is 1.15. The first kappa shape index (κ1) is 13.5. The monoisotopic (exact) mass is 284 g/mol. The molecule has 0 aliphatic heterocycles. The van der Waals surface area contributed by atoms with Crippen molar-refractivity contribution in [2.24, 2.45) is 0 Å². The van der Waals surface area contributed by atoms with Gasteiger partial charge in [-0.25, -0.2) is 0 Å². The van der Waals surface area contributed by atoms with E-state index >= 15 is 0 Å². The third-order valence-corrected chi connectivity index (χ3v) is 3.71. The van der Waals surface area contributed by atoms with Crippen LogP contribution >= 0.6 is 0 Å². The highest BCUT2D eigenvalue weighted by Crippen LogP contribution is 2.36. The normalized spacial score (nSPS) is 13.0. The van der Waals surface area contributed by atoms with Gasteiger partial charge in [0.15, 0.2) is 11.6 Å². The highest BCUT2D eigenvalue weighted by molar-refractivity contribution is 6.29. The van der Waals surface area contributed by atoms with Gasteiger partial charge in [0.2, 0.25) is 0 Å². The number of aromatic hydroxyl groups is 1. The van der Waals surface area contributed by atoms with Crippen molar-refractivity contribution in [3.05, 3.63) is 63.7 Å². The Hall–Kier alpha value is -2.50. The Bertz CT molecular complexity index is 776. The Kier molecular flexibility index (Phi) is 3.08. The molecular weight excluding hydrogens is 272 g/mol. The molecule has 0 radical (unpaired) electrons. The Morgan fingerprint density at radius 1 is 0.857 bits per heavy atom. The zero-order valence-electron chi connectivity index (χ0n) is 11.0. The number of ketones is 2. The fourth-order valence-corrected chi connectivity index (χ4v) is 2.65. The number of fused-ring (bicyclic) bond motifs is 2. The molecule has 3 N–H and O–H groups in total. The first-order valence-electron chi connectivity index (χ1n) is 6.38. The standard InChI is InChI=1S/C16H12O5/c17-6-8-5-11-13(16(21)12(8)7-18)15(20)10-4-2-1-3-9(10)14(11)19/h1-5,17-18,21H,6-7H2. The molecule has 5 nitrogen and oxygen atoms in total. The number of benzene rings is 2. The number of phenols is 1. The first-order chi connectivity index (χ1) is 10.1. The molecule has 0 fully saturated rings. The van der Waals surface area contributed by atoms with Gasteiger partial charge in [-0.1, -0.05) is 24.3 Å². The number of rotatable bonds is 2. The Labute approximate surface area is 120 Å². The van der Waals surface area contributed by atoms with Crippen molar-refractivity contribution in [2.75, 3.05) is 0 Å². The van der Waals surface area contributed by atoms with Gasteiger partial charge in [-0.2, -0.15) is 0 Å². The molecule has 0 atom stereocenters. The SMILES string of the molecule is O=C1c2ccccc2C(=O)c2c1cc(CO)c(CO)c2O. The van der Waals surface area contributed by atoms with E-state index in [1.54, 1.807) is 18.2 Å². The minimum Gasteiger partial charge on any atom is -0.507 e. The lowest BCUT2D eigenvalue weighted by Crippen LogP contribution is -2.22. The Morgan fingerprint density at radius 2 is 1.48 bits per heavy atom. The summed E-state index contributed by atoms with van der Waals surface area (Å²) in [5.41, 5.74) is 0.740. The summed E-state index contributed by atoms with van der Waals surface area (Å²) in [6.45, 7) is -0.974. The maximum Gasteiger partial charge on any atom is 0.198 e. The molecule has 0 unspecified atom stereocenters. The fraction of sp³-hybridized carbons (Fsp3) is 0.125. The highest BCUT2D eigenvalue weighted by Gasteiger charge is 2.33. The molecule has 0 spiro atoms. The van der Waals surface area contributed by atoms with Crippen LogP contribution in [0.25, 0.3) is 0 Å². The van der Waals surface area contributed by atoms with Crippen LogP contribution in [0, 0.1) is 0 Å². The molecule has 0 aromatic heterocycles. The third-order valence-electron chi connectivity index (χ3n) is 3.71. The number of carbonyl (C=O) groups is 2. The summed E-state index contributed by atoms with van der Waals surface area (Å²) in [6, 6.07) is 7.73. The molecule has 5 heteroatoms. The van der Waals surface area contributed by atoms with Gasteiger partial charge in [0.05, 0.1) is 18.8 Å². The largest absolute Gasteiger partial charge is 0.507 e. The third kappa shape index (κ3) is 1.79. The van der Waals surface area contributed by atoms with E-state index in [9.17, 15) is 24.9 Å². The molecule has 0 saturated heterocycles. The van der Waals surface area contributed by atoms with Crippen molar-refractivity contribution < 1.29 is 24.9 Å². The van der Waals surface area contributed by atoms with E-state index in [1.165, 1.54) is 12.1 Å². The van der Waals surface area contributed by atoms with Crippen LogP contribution < -0.4 is 0 Å². The highest BCUT2D eigenvalue weighted by atomic mass is 16.3. The number of hydrogen-bond acceptors (Lipinski definition) is 5. The summed E-state index contributed by atoms with van der Waals surface area (Å²) in [4.78, 5) is 25.0.